The third-order valence-electron chi connectivity index (χ3n) is 14.4. The van der Waals surface area contributed by atoms with Crippen molar-refractivity contribution in [3.63, 3.8) is 0 Å². The highest BCUT2D eigenvalue weighted by molar-refractivity contribution is 6.02. The summed E-state index contributed by atoms with van der Waals surface area (Å²) in [4.78, 5) is 156. The van der Waals surface area contributed by atoms with E-state index in [9.17, 15) is 63.0 Å². The summed E-state index contributed by atoms with van der Waals surface area (Å²) in [6.07, 6.45) is -2.29. The zero-order valence-electron chi connectivity index (χ0n) is 45.2. The molecule has 7 N–H and O–H groups in total. The van der Waals surface area contributed by atoms with Crippen LogP contribution in [0.4, 0.5) is 0 Å². The summed E-state index contributed by atoms with van der Waals surface area (Å²) in [5.74, 6) is -10.7. The molecule has 8 atom stereocenters. The quantitative estimate of drug-likeness (QED) is 0.0605. The number of hydroxylamine groups is 2. The predicted octanol–water partition coefficient (Wildman–Crippen LogP) is 3.92. The van der Waals surface area contributed by atoms with Gasteiger partial charge in [0.05, 0.1) is 35.9 Å². The van der Waals surface area contributed by atoms with Crippen molar-refractivity contribution in [2.75, 3.05) is 13.1 Å². The fourth-order valence-corrected chi connectivity index (χ4v) is 10.2. The number of nitrogens with two attached hydrogens (primary N) is 1. The zero-order chi connectivity index (χ0) is 56.7. The molecule has 0 aliphatic carbocycles. The number of carboxylic acids is 1. The number of primary amides is 1. The lowest BCUT2D eigenvalue weighted by molar-refractivity contribution is -0.207. The number of Topliss-reactive ketones (excluding diaryl/α,β-unsaturated/α-hetero) is 2. The first-order valence-electron chi connectivity index (χ1n) is 26.2. The van der Waals surface area contributed by atoms with Gasteiger partial charge in [0.15, 0.2) is 11.6 Å². The summed E-state index contributed by atoms with van der Waals surface area (Å²) < 4.78 is 0. The predicted molar refractivity (Wildman–Crippen MR) is 277 cm³/mol. The van der Waals surface area contributed by atoms with E-state index in [0.717, 1.165) is 0 Å². The van der Waals surface area contributed by atoms with Crippen molar-refractivity contribution in [2.24, 2.45) is 39.7 Å². The monoisotopic (exact) mass is 1060 g/mol. The Morgan fingerprint density at radius 3 is 1.86 bits per heavy atom. The molecule has 2 heterocycles. The molecule has 20 heteroatoms. The van der Waals surface area contributed by atoms with Gasteiger partial charge in [-0.15, -0.1) is 5.06 Å². The van der Waals surface area contributed by atoms with Gasteiger partial charge in [-0.1, -0.05) is 102 Å². The van der Waals surface area contributed by atoms with Crippen molar-refractivity contribution in [1.29, 1.82) is 0 Å². The fraction of sp³-hybridized carbons (Fsp3) is 0.589. The minimum absolute atomic E-state index is 0.00911. The molecule has 0 bridgehead atoms. The molecular weight excluding hydrogens is 981 g/mol. The van der Waals surface area contributed by atoms with Crippen molar-refractivity contribution in [1.82, 2.24) is 25.9 Å². The van der Waals surface area contributed by atoms with Gasteiger partial charge < -0.3 is 41.6 Å². The van der Waals surface area contributed by atoms with Crippen LogP contribution >= 0.6 is 0 Å². The molecule has 2 aliphatic rings. The Morgan fingerprint density at radius 1 is 0.750 bits per heavy atom. The number of benzene rings is 2. The molecule has 4 rings (SSSR count). The van der Waals surface area contributed by atoms with E-state index >= 15 is 0 Å². The maximum absolute atomic E-state index is 14.8. The van der Waals surface area contributed by atoms with Crippen LogP contribution in [0, 0.1) is 34.0 Å². The van der Waals surface area contributed by atoms with Gasteiger partial charge in [0.1, 0.15) is 6.04 Å². The van der Waals surface area contributed by atoms with E-state index in [4.69, 9.17) is 10.6 Å². The number of ketones is 2. The van der Waals surface area contributed by atoms with Crippen molar-refractivity contribution < 1.29 is 67.8 Å². The number of aliphatic hydroxyl groups is 1. The molecule has 2 fully saturated rings. The van der Waals surface area contributed by atoms with Crippen LogP contribution in [0.15, 0.2) is 60.7 Å². The third-order valence-corrected chi connectivity index (χ3v) is 14.4. The summed E-state index contributed by atoms with van der Waals surface area (Å²) in [5.41, 5.74) is 2.39. The highest BCUT2D eigenvalue weighted by Gasteiger charge is 2.51. The zero-order valence-corrected chi connectivity index (χ0v) is 45.2. The molecule has 2 aromatic rings. The summed E-state index contributed by atoms with van der Waals surface area (Å²) in [7, 11) is 0. The molecule has 2 aliphatic heterocycles. The average Bonchev–Trinajstić information content (AvgIpc) is 3.97. The van der Waals surface area contributed by atoms with Crippen LogP contribution in [-0.4, -0.2) is 122 Å². The molecule has 2 saturated heterocycles. The first-order chi connectivity index (χ1) is 35.6. The molecule has 416 valence electrons. The van der Waals surface area contributed by atoms with Crippen LogP contribution in [0.2, 0.25) is 0 Å². The van der Waals surface area contributed by atoms with E-state index in [0.29, 0.717) is 22.6 Å². The first kappa shape index (κ1) is 61.7. The van der Waals surface area contributed by atoms with Gasteiger partial charge in [-0.3, -0.25) is 47.9 Å². The Kier molecular flexibility index (Phi) is 22.2. The average molecular weight is 1060 g/mol. The van der Waals surface area contributed by atoms with Crippen LogP contribution in [0.25, 0.3) is 0 Å². The smallest absolute Gasteiger partial charge is 0.339 e. The van der Waals surface area contributed by atoms with E-state index in [2.05, 4.69) is 16.0 Å². The number of imide groups is 1. The minimum Gasteiger partial charge on any atom is -0.481 e. The van der Waals surface area contributed by atoms with Gasteiger partial charge in [-0.2, -0.15) is 0 Å². The summed E-state index contributed by atoms with van der Waals surface area (Å²) in [5, 5.41) is 28.1. The highest BCUT2D eigenvalue weighted by atomic mass is 16.7. The van der Waals surface area contributed by atoms with E-state index in [-0.39, 0.29) is 83.2 Å². The summed E-state index contributed by atoms with van der Waals surface area (Å²) in [6, 6.07) is 14.3. The number of carbonyl (C=O) groups excluding carboxylic acids is 10. The summed E-state index contributed by atoms with van der Waals surface area (Å²) in [6.45, 7) is 13.2. The van der Waals surface area contributed by atoms with Crippen molar-refractivity contribution in [3.05, 3.63) is 71.8 Å². The largest absolute Gasteiger partial charge is 0.481 e. The van der Waals surface area contributed by atoms with E-state index < -0.39 is 130 Å². The number of nitrogens with one attached hydrogen (secondary N) is 3. The van der Waals surface area contributed by atoms with Gasteiger partial charge >= 0.3 is 11.9 Å². The van der Waals surface area contributed by atoms with Gasteiger partial charge in [0, 0.05) is 55.5 Å². The Bertz CT molecular complexity index is 2430. The van der Waals surface area contributed by atoms with Crippen molar-refractivity contribution >= 4 is 64.9 Å². The maximum atomic E-state index is 14.8. The van der Waals surface area contributed by atoms with E-state index in [1.807, 2.05) is 13.8 Å². The molecule has 0 saturated carbocycles. The Balaban J connectivity index is 1.62. The molecule has 76 heavy (non-hydrogen) atoms. The molecule has 3 unspecified atom stereocenters. The molecule has 20 nitrogen and oxygen atoms in total. The standard InChI is InChI=1S/C56H78N6O14/c1-9-55(7,33-56(8,32-54(5,6)51(73)58-31-35(4)63)53(75)76-62-45(66)22-23-46(62)67)52(74)60-41(25-34(2)3)50(72)61-24-16-21-42(61)44(65)29-39(26-36-17-12-10-13-18-36)49(71)59-40(27-37-19-14-11-15-20-37)43(64)28-38(48(57)70)30-47(68)69/h10-15,17-20,34-35,38-42,63H,9,16,21-33H2,1-8H3,(H2,57,70)(H,58,73)(H,59,71)(H,60,74)(H,68,69)/t35?,38-,39+,40-,41-,42-,55?,56?/m0/s1. The van der Waals surface area contributed by atoms with Crippen molar-refractivity contribution in [3.8, 4) is 0 Å². The third kappa shape index (κ3) is 17.4. The first-order valence-corrected chi connectivity index (χ1v) is 26.2. The van der Waals surface area contributed by atoms with E-state index in [1.54, 1.807) is 88.4 Å². The summed E-state index contributed by atoms with van der Waals surface area (Å²) >= 11 is 0. The minimum atomic E-state index is -1.70. The van der Waals surface area contributed by atoms with Crippen LogP contribution < -0.4 is 21.7 Å². The highest BCUT2D eigenvalue weighted by Crippen LogP contribution is 2.46. The molecule has 0 aromatic heterocycles. The molecular formula is C56H78N6O14. The lowest BCUT2D eigenvalue weighted by Crippen LogP contribution is -2.56. The van der Waals surface area contributed by atoms with Crippen LogP contribution in [0.1, 0.15) is 137 Å². The number of hydrogen-bond acceptors (Lipinski definition) is 13. The van der Waals surface area contributed by atoms with Crippen LogP contribution in [0.3, 0.4) is 0 Å². The van der Waals surface area contributed by atoms with Gasteiger partial charge in [-0.25, -0.2) is 4.79 Å². The van der Waals surface area contributed by atoms with Gasteiger partial charge in [0.2, 0.25) is 29.5 Å². The number of carboxylic acid groups (broad SMARTS) is 1. The lowest BCUT2D eigenvalue weighted by atomic mass is 9.64. The SMILES string of the molecule is CCC(C)(CC(C)(CC(C)(C)C(=O)NCC(C)O)C(=O)ON1C(=O)CCC1=O)C(=O)N[C@@H](CC(C)C)C(=O)N1CCC[C@H]1C(=O)C[C@@H](Cc1ccccc1)C(=O)N[C@@H](Cc1ccccc1)C(=O)C[C@@H](CC(=O)O)C(N)=O. The second-order valence-electron chi connectivity index (χ2n) is 22.3. The molecule has 2 aromatic carbocycles. The Morgan fingerprint density at radius 2 is 1.33 bits per heavy atom. The number of aliphatic carboxylic acids is 1. The second-order valence-corrected chi connectivity index (χ2v) is 22.3. The van der Waals surface area contributed by atoms with E-state index in [1.165, 1.54) is 18.7 Å². The number of amides is 7. The number of rotatable bonds is 30. The molecule has 7 amide bonds. The fourth-order valence-electron chi connectivity index (χ4n) is 10.2. The number of nitrogens with zero attached hydrogens (tertiary/aromatic N) is 2. The van der Waals surface area contributed by atoms with Crippen molar-refractivity contribution in [2.45, 2.75) is 163 Å². The number of aliphatic hydroxyl groups excluding tert-OH is 1. The van der Waals surface area contributed by atoms with Crippen LogP contribution in [-0.2, 0) is 70.4 Å². The van der Waals surface area contributed by atoms with Gasteiger partial charge in [0.25, 0.3) is 11.8 Å². The molecule has 0 spiro atoms. The maximum Gasteiger partial charge on any atom is 0.339 e. The normalized spacial score (nSPS) is 18.3. The second kappa shape index (κ2) is 27.3. The molecule has 0 radical (unpaired) electrons. The lowest BCUT2D eigenvalue weighted by Gasteiger charge is -2.41. The topological polar surface area (TPSA) is 306 Å². The Hall–Kier alpha value is -6.83. The van der Waals surface area contributed by atoms with Crippen LogP contribution in [0.5, 0.6) is 0 Å². The number of likely N-dealkylation sites (tertiary alicyclic amines) is 1. The van der Waals surface area contributed by atoms with Gasteiger partial charge in [-0.05, 0) is 82.3 Å². The number of hydrogen-bond donors (Lipinski definition) is 6. The number of carbonyl (C=O) groups is 11. The Labute approximate surface area is 444 Å².